The topological polar surface area (TPSA) is 25.2 Å². The van der Waals surface area contributed by atoms with Gasteiger partial charge in [0.15, 0.2) is 0 Å². The Bertz CT molecular complexity index is 698. The van der Waals surface area contributed by atoms with Crippen LogP contribution in [0.5, 0.6) is 0 Å². The van der Waals surface area contributed by atoms with Gasteiger partial charge in [0.25, 0.3) is 0 Å². The average Bonchev–Trinajstić information content (AvgIpc) is 3.08. The van der Waals surface area contributed by atoms with Crippen molar-refractivity contribution in [2.75, 3.05) is 6.54 Å². The first-order chi connectivity index (χ1) is 9.79. The van der Waals surface area contributed by atoms with Crippen LogP contribution < -0.4 is 5.32 Å². The molecular formula is C17H19NOS. The lowest BCUT2D eigenvalue weighted by atomic mass is 10.0. The summed E-state index contributed by atoms with van der Waals surface area (Å²) in [6.07, 6.45) is 1.11. The number of nitrogens with one attached hydrogen (secondary N) is 1. The van der Waals surface area contributed by atoms with E-state index in [1.807, 2.05) is 13.0 Å². The Labute approximate surface area is 123 Å². The van der Waals surface area contributed by atoms with Crippen molar-refractivity contribution >= 4 is 21.4 Å². The highest BCUT2D eigenvalue weighted by Crippen LogP contribution is 2.33. The number of fused-ring (bicyclic) bond motifs is 1. The maximum Gasteiger partial charge on any atom is 0.125 e. The SMILES string of the molecule is CCCNC(c1ccc(C)o1)c1cccc2ccsc12. The molecule has 0 saturated carbocycles. The second-order valence-electron chi connectivity index (χ2n) is 5.02. The third kappa shape index (κ3) is 2.51. The minimum absolute atomic E-state index is 0.131. The Hall–Kier alpha value is -1.58. The van der Waals surface area contributed by atoms with Gasteiger partial charge in [0.05, 0.1) is 6.04 Å². The van der Waals surface area contributed by atoms with E-state index in [1.54, 1.807) is 11.3 Å². The first kappa shape index (κ1) is 13.4. The fraction of sp³-hybridized carbons (Fsp3) is 0.294. The molecule has 3 heteroatoms. The predicted molar refractivity (Wildman–Crippen MR) is 85.4 cm³/mol. The number of furan rings is 1. The van der Waals surface area contributed by atoms with Gasteiger partial charge in [-0.15, -0.1) is 11.3 Å². The fourth-order valence-corrected chi connectivity index (χ4v) is 3.45. The molecule has 0 fully saturated rings. The van der Waals surface area contributed by atoms with Crippen LogP contribution in [0.2, 0.25) is 0 Å². The molecule has 20 heavy (non-hydrogen) atoms. The van der Waals surface area contributed by atoms with Crippen molar-refractivity contribution in [2.24, 2.45) is 0 Å². The summed E-state index contributed by atoms with van der Waals surface area (Å²) in [4.78, 5) is 0. The zero-order valence-electron chi connectivity index (χ0n) is 11.8. The molecule has 0 spiro atoms. The Kier molecular flexibility index (Phi) is 3.90. The first-order valence-corrected chi connectivity index (χ1v) is 7.93. The number of benzene rings is 1. The summed E-state index contributed by atoms with van der Waals surface area (Å²) in [5, 5.41) is 7.07. The average molecular weight is 285 g/mol. The van der Waals surface area contributed by atoms with E-state index >= 15 is 0 Å². The number of thiophene rings is 1. The molecule has 1 atom stereocenters. The van der Waals surface area contributed by atoms with Crippen LogP contribution in [-0.2, 0) is 0 Å². The summed E-state index contributed by atoms with van der Waals surface area (Å²) in [5.74, 6) is 1.96. The second kappa shape index (κ2) is 5.81. The molecule has 104 valence electrons. The van der Waals surface area contributed by atoms with E-state index in [1.165, 1.54) is 15.6 Å². The van der Waals surface area contributed by atoms with Gasteiger partial charge < -0.3 is 9.73 Å². The van der Waals surface area contributed by atoms with Crippen LogP contribution in [0, 0.1) is 6.92 Å². The molecule has 1 N–H and O–H groups in total. The van der Waals surface area contributed by atoms with Gasteiger partial charge in [-0.1, -0.05) is 25.1 Å². The normalized spacial score (nSPS) is 12.9. The summed E-state index contributed by atoms with van der Waals surface area (Å²) in [6.45, 7) is 5.15. The maximum absolute atomic E-state index is 5.86. The van der Waals surface area contributed by atoms with Crippen molar-refractivity contribution in [3.8, 4) is 0 Å². The lowest BCUT2D eigenvalue weighted by molar-refractivity contribution is 0.432. The molecule has 0 radical (unpaired) electrons. The molecule has 0 aliphatic rings. The van der Waals surface area contributed by atoms with E-state index in [-0.39, 0.29) is 6.04 Å². The zero-order valence-corrected chi connectivity index (χ0v) is 12.7. The Morgan fingerprint density at radius 1 is 1.20 bits per heavy atom. The molecule has 2 heterocycles. The van der Waals surface area contributed by atoms with Gasteiger partial charge >= 0.3 is 0 Å². The molecule has 0 amide bonds. The van der Waals surface area contributed by atoms with Crippen LogP contribution in [0.3, 0.4) is 0 Å². The molecule has 3 rings (SSSR count). The highest BCUT2D eigenvalue weighted by molar-refractivity contribution is 7.17. The Morgan fingerprint density at radius 3 is 2.85 bits per heavy atom. The third-order valence-electron chi connectivity index (χ3n) is 3.46. The van der Waals surface area contributed by atoms with E-state index in [9.17, 15) is 0 Å². The van der Waals surface area contributed by atoms with E-state index < -0.39 is 0 Å². The highest BCUT2D eigenvalue weighted by atomic mass is 32.1. The number of hydrogen-bond donors (Lipinski definition) is 1. The molecule has 1 unspecified atom stereocenters. The van der Waals surface area contributed by atoms with E-state index in [0.717, 1.165) is 24.5 Å². The van der Waals surface area contributed by atoms with Gasteiger partial charge in [0.1, 0.15) is 11.5 Å². The van der Waals surface area contributed by atoms with Crippen LogP contribution in [0.25, 0.3) is 10.1 Å². The fourth-order valence-electron chi connectivity index (χ4n) is 2.50. The standard InChI is InChI=1S/C17H19NOS/c1-3-10-18-16(15-8-7-12(2)19-15)14-6-4-5-13-9-11-20-17(13)14/h4-9,11,16,18H,3,10H2,1-2H3. The van der Waals surface area contributed by atoms with E-state index in [4.69, 9.17) is 4.42 Å². The summed E-state index contributed by atoms with van der Waals surface area (Å²) in [6, 6.07) is 12.9. The predicted octanol–water partition coefficient (Wildman–Crippen LogP) is 4.89. The summed E-state index contributed by atoms with van der Waals surface area (Å²) in [5.41, 5.74) is 1.31. The van der Waals surface area contributed by atoms with Crippen LogP contribution in [0.15, 0.2) is 46.2 Å². The van der Waals surface area contributed by atoms with E-state index in [0.29, 0.717) is 0 Å². The van der Waals surface area contributed by atoms with Crippen LogP contribution in [0.1, 0.15) is 36.5 Å². The van der Waals surface area contributed by atoms with Gasteiger partial charge in [-0.3, -0.25) is 0 Å². The highest BCUT2D eigenvalue weighted by Gasteiger charge is 2.19. The van der Waals surface area contributed by atoms with Gasteiger partial charge in [-0.25, -0.2) is 0 Å². The Morgan fingerprint density at radius 2 is 2.10 bits per heavy atom. The monoisotopic (exact) mass is 285 g/mol. The summed E-state index contributed by atoms with van der Waals surface area (Å²) >= 11 is 1.80. The van der Waals surface area contributed by atoms with Crippen molar-refractivity contribution < 1.29 is 4.42 Å². The van der Waals surface area contributed by atoms with Gasteiger partial charge in [-0.05, 0) is 54.4 Å². The number of hydrogen-bond acceptors (Lipinski definition) is 3. The molecule has 2 aromatic heterocycles. The third-order valence-corrected chi connectivity index (χ3v) is 4.44. The second-order valence-corrected chi connectivity index (χ2v) is 5.94. The molecule has 0 bridgehead atoms. The molecule has 3 aromatic rings. The lowest BCUT2D eigenvalue weighted by Gasteiger charge is -2.17. The molecule has 1 aromatic carbocycles. The minimum atomic E-state index is 0.131. The molecule has 2 nitrogen and oxygen atoms in total. The van der Waals surface area contributed by atoms with Crippen molar-refractivity contribution in [2.45, 2.75) is 26.3 Å². The number of aryl methyl sites for hydroxylation is 1. The van der Waals surface area contributed by atoms with Gasteiger partial charge in [0.2, 0.25) is 0 Å². The molecule has 0 aliphatic heterocycles. The van der Waals surface area contributed by atoms with E-state index in [2.05, 4.69) is 48.0 Å². The first-order valence-electron chi connectivity index (χ1n) is 7.05. The van der Waals surface area contributed by atoms with Gasteiger partial charge in [-0.2, -0.15) is 0 Å². The molecule has 0 saturated heterocycles. The van der Waals surface area contributed by atoms with Crippen molar-refractivity contribution in [3.05, 3.63) is 58.9 Å². The zero-order chi connectivity index (χ0) is 13.9. The van der Waals surface area contributed by atoms with Crippen LogP contribution >= 0.6 is 11.3 Å². The Balaban J connectivity index is 2.06. The molecular weight excluding hydrogens is 266 g/mol. The smallest absolute Gasteiger partial charge is 0.125 e. The van der Waals surface area contributed by atoms with Crippen LogP contribution in [0.4, 0.5) is 0 Å². The van der Waals surface area contributed by atoms with Crippen molar-refractivity contribution in [1.82, 2.24) is 5.32 Å². The number of rotatable bonds is 5. The summed E-state index contributed by atoms with van der Waals surface area (Å²) < 4.78 is 7.21. The minimum Gasteiger partial charge on any atom is -0.464 e. The largest absolute Gasteiger partial charge is 0.464 e. The summed E-state index contributed by atoms with van der Waals surface area (Å²) in [7, 11) is 0. The van der Waals surface area contributed by atoms with Crippen molar-refractivity contribution in [3.63, 3.8) is 0 Å². The van der Waals surface area contributed by atoms with Crippen molar-refractivity contribution in [1.29, 1.82) is 0 Å². The maximum atomic E-state index is 5.86. The quantitative estimate of drug-likeness (QED) is 0.722. The lowest BCUT2D eigenvalue weighted by Crippen LogP contribution is -2.22. The van der Waals surface area contributed by atoms with Crippen LogP contribution in [-0.4, -0.2) is 6.54 Å². The van der Waals surface area contributed by atoms with Gasteiger partial charge in [0, 0.05) is 4.70 Å². The molecule has 0 aliphatic carbocycles.